The molecule has 0 fully saturated rings. The van der Waals surface area contributed by atoms with Crippen LogP contribution in [0.1, 0.15) is 24.0 Å². The minimum absolute atomic E-state index is 0. The Bertz CT molecular complexity index is 754. The zero-order valence-corrected chi connectivity index (χ0v) is 18.9. The van der Waals surface area contributed by atoms with Gasteiger partial charge in [-0.1, -0.05) is 61.7 Å². The Morgan fingerprint density at radius 2 is 1.07 bits per heavy atom. The molecule has 0 aromatic heterocycles. The molecule has 0 amide bonds. The van der Waals surface area contributed by atoms with Gasteiger partial charge in [-0.05, 0) is 12.1 Å². The number of hydrogen-bond acceptors (Lipinski definition) is 2. The second-order valence-corrected chi connectivity index (χ2v) is 5.53. The summed E-state index contributed by atoms with van der Waals surface area (Å²) in [6, 6.07) is 14.2. The summed E-state index contributed by atoms with van der Waals surface area (Å²) in [7, 11) is 0. The second-order valence-electron chi connectivity index (χ2n) is 5.53. The summed E-state index contributed by atoms with van der Waals surface area (Å²) in [5.74, 6) is 0.569. The summed E-state index contributed by atoms with van der Waals surface area (Å²) < 4.78 is 0. The fraction of sp³-hybridized carbons (Fsp3) is 0.0769. The molecule has 2 aliphatic carbocycles. The van der Waals surface area contributed by atoms with E-state index in [0.717, 1.165) is 24.0 Å². The SMILES string of the molecule is C=Cc1ccccc1O.C=Cc1ccccc1O.[C-]1=CC=CC1.[C-]1=CC=CC1.[Zr+2]. The van der Waals surface area contributed by atoms with Crippen molar-refractivity contribution in [1.82, 2.24) is 0 Å². The summed E-state index contributed by atoms with van der Waals surface area (Å²) >= 11 is 0. The van der Waals surface area contributed by atoms with E-state index < -0.39 is 0 Å². The standard InChI is InChI=1S/2C8H8O.2C5H5.Zr/c2*1-2-7-5-3-4-6-8(7)9;2*1-2-4-5-3-1;/h2*2-6,9H,1H2;2*1-3H,4H2;/q;;2*-1;+2. The zero-order valence-electron chi connectivity index (χ0n) is 16.5. The van der Waals surface area contributed by atoms with Gasteiger partial charge in [-0.2, -0.15) is 12.2 Å². The van der Waals surface area contributed by atoms with E-state index in [9.17, 15) is 0 Å². The van der Waals surface area contributed by atoms with Crippen LogP contribution >= 0.6 is 0 Å². The smallest absolute Gasteiger partial charge is 0.507 e. The van der Waals surface area contributed by atoms with Crippen molar-refractivity contribution in [2.45, 2.75) is 12.8 Å². The van der Waals surface area contributed by atoms with Crippen LogP contribution in [0.3, 0.4) is 0 Å². The molecule has 0 saturated heterocycles. The first-order chi connectivity index (χ1) is 13.7. The summed E-state index contributed by atoms with van der Waals surface area (Å²) in [5, 5.41) is 18.1. The van der Waals surface area contributed by atoms with Crippen LogP contribution in [0, 0.1) is 12.2 Å². The van der Waals surface area contributed by atoms with E-state index in [1.54, 1.807) is 36.4 Å². The number of hydrogen-bond donors (Lipinski definition) is 2. The molecule has 0 bridgehead atoms. The average molecular weight is 462 g/mol. The minimum atomic E-state index is 0. The van der Waals surface area contributed by atoms with E-state index in [1.165, 1.54) is 0 Å². The number of benzene rings is 2. The maximum absolute atomic E-state index is 9.04. The quantitative estimate of drug-likeness (QED) is 0.490. The fourth-order valence-electron chi connectivity index (χ4n) is 2.00. The monoisotopic (exact) mass is 460 g/mol. The number of aromatic hydroxyl groups is 2. The van der Waals surface area contributed by atoms with Gasteiger partial charge in [0.1, 0.15) is 11.5 Å². The third-order valence-electron chi connectivity index (χ3n) is 3.49. The Morgan fingerprint density at radius 3 is 1.24 bits per heavy atom. The molecular weight excluding hydrogens is 436 g/mol. The summed E-state index contributed by atoms with van der Waals surface area (Å²) in [6.45, 7) is 7.06. The molecule has 2 aromatic carbocycles. The molecule has 0 unspecified atom stereocenters. The Labute approximate surface area is 193 Å². The van der Waals surface area contributed by atoms with Gasteiger partial charge in [0, 0.05) is 11.1 Å². The van der Waals surface area contributed by atoms with Gasteiger partial charge in [-0.3, -0.25) is 12.2 Å². The van der Waals surface area contributed by atoms with Gasteiger partial charge in [-0.15, -0.1) is 12.8 Å². The van der Waals surface area contributed by atoms with E-state index >= 15 is 0 Å². The molecule has 0 saturated carbocycles. The first-order valence-electron chi connectivity index (χ1n) is 8.93. The number of phenols is 2. The van der Waals surface area contributed by atoms with Crippen LogP contribution in [-0.2, 0) is 26.2 Å². The zero-order chi connectivity index (χ0) is 20.5. The van der Waals surface area contributed by atoms with Gasteiger partial charge in [-0.25, -0.2) is 24.3 Å². The summed E-state index contributed by atoms with van der Waals surface area (Å²) in [6.07, 6.45) is 23.2. The van der Waals surface area contributed by atoms with Crippen molar-refractivity contribution in [3.05, 3.63) is 121 Å². The van der Waals surface area contributed by atoms with Crippen molar-refractivity contribution in [3.8, 4) is 11.5 Å². The first kappa shape index (κ1) is 26.4. The van der Waals surface area contributed by atoms with Gasteiger partial charge in [0.25, 0.3) is 0 Å². The number of allylic oxidation sites excluding steroid dienone is 8. The predicted octanol–water partition coefficient (Wildman–Crippen LogP) is 6.68. The molecule has 4 rings (SSSR count). The fourth-order valence-corrected chi connectivity index (χ4v) is 2.00. The summed E-state index contributed by atoms with van der Waals surface area (Å²) in [5.41, 5.74) is 1.55. The van der Waals surface area contributed by atoms with Crippen molar-refractivity contribution in [2.24, 2.45) is 0 Å². The van der Waals surface area contributed by atoms with Gasteiger partial charge < -0.3 is 10.2 Å². The minimum Gasteiger partial charge on any atom is -0.507 e. The van der Waals surface area contributed by atoms with E-state index in [-0.39, 0.29) is 37.7 Å². The van der Waals surface area contributed by atoms with Gasteiger partial charge in [0.2, 0.25) is 0 Å². The predicted molar refractivity (Wildman–Crippen MR) is 120 cm³/mol. The molecule has 2 N–H and O–H groups in total. The van der Waals surface area contributed by atoms with Crippen molar-refractivity contribution in [1.29, 1.82) is 0 Å². The molecule has 0 heterocycles. The van der Waals surface area contributed by atoms with Crippen LogP contribution in [0.5, 0.6) is 11.5 Å². The van der Waals surface area contributed by atoms with Crippen molar-refractivity contribution in [3.63, 3.8) is 0 Å². The molecule has 2 nitrogen and oxygen atoms in total. The molecule has 3 heteroatoms. The van der Waals surface area contributed by atoms with Gasteiger partial charge in [0.15, 0.2) is 0 Å². The van der Waals surface area contributed by atoms with Crippen LogP contribution in [-0.4, -0.2) is 10.2 Å². The van der Waals surface area contributed by atoms with E-state index in [2.05, 4.69) is 37.5 Å². The third-order valence-corrected chi connectivity index (χ3v) is 3.49. The van der Waals surface area contributed by atoms with E-state index in [4.69, 9.17) is 10.2 Å². The topological polar surface area (TPSA) is 40.5 Å². The Balaban J connectivity index is 0.000000369. The normalized spacial score (nSPS) is 11.6. The Hall–Kier alpha value is -2.64. The molecule has 146 valence electrons. The first-order valence-corrected chi connectivity index (χ1v) is 8.93. The Morgan fingerprint density at radius 1 is 0.690 bits per heavy atom. The molecule has 0 radical (unpaired) electrons. The van der Waals surface area contributed by atoms with Crippen molar-refractivity contribution < 1.29 is 36.4 Å². The second kappa shape index (κ2) is 17.5. The summed E-state index contributed by atoms with van der Waals surface area (Å²) in [4.78, 5) is 0. The molecule has 2 aromatic rings. The number of rotatable bonds is 2. The maximum Gasteiger partial charge on any atom is 2.00 e. The number of para-hydroxylation sites is 2. The van der Waals surface area contributed by atoms with Crippen LogP contribution in [0.25, 0.3) is 12.2 Å². The Kier molecular flexibility index (Phi) is 15.9. The molecule has 2 aliphatic rings. The molecule has 0 atom stereocenters. The molecular formula is C26H26O2Zr. The van der Waals surface area contributed by atoms with Gasteiger partial charge >= 0.3 is 26.2 Å². The van der Waals surface area contributed by atoms with Crippen LogP contribution in [0.2, 0.25) is 0 Å². The van der Waals surface area contributed by atoms with Gasteiger partial charge in [0.05, 0.1) is 0 Å². The third kappa shape index (κ3) is 12.4. The van der Waals surface area contributed by atoms with E-state index in [0.29, 0.717) is 0 Å². The maximum atomic E-state index is 9.04. The van der Waals surface area contributed by atoms with Crippen LogP contribution in [0.15, 0.2) is 98.1 Å². The van der Waals surface area contributed by atoms with Crippen LogP contribution in [0.4, 0.5) is 0 Å². The van der Waals surface area contributed by atoms with E-state index in [1.807, 2.05) is 48.6 Å². The number of phenolic OH excluding ortho intramolecular Hbond substituents is 2. The van der Waals surface area contributed by atoms with Crippen molar-refractivity contribution in [2.75, 3.05) is 0 Å². The largest absolute Gasteiger partial charge is 2.00 e. The average Bonchev–Trinajstić information content (AvgIpc) is 3.48. The molecule has 0 spiro atoms. The molecule has 0 aliphatic heterocycles. The van der Waals surface area contributed by atoms with Crippen molar-refractivity contribution >= 4 is 12.2 Å². The van der Waals surface area contributed by atoms with Crippen LogP contribution < -0.4 is 0 Å². The molecule has 29 heavy (non-hydrogen) atoms.